The number of aromatic nitrogens is 4. The van der Waals surface area contributed by atoms with E-state index in [9.17, 15) is 9.59 Å². The Morgan fingerprint density at radius 3 is 2.80 bits per heavy atom. The zero-order valence-corrected chi connectivity index (χ0v) is 11.5. The molecule has 0 aliphatic rings. The highest BCUT2D eigenvalue weighted by molar-refractivity contribution is 5.89. The fourth-order valence-electron chi connectivity index (χ4n) is 1.46. The van der Waals surface area contributed by atoms with Crippen LogP contribution in [0, 0.1) is 0 Å². The van der Waals surface area contributed by atoms with E-state index in [0.29, 0.717) is 6.29 Å². The molecule has 0 saturated carbocycles. The summed E-state index contributed by atoms with van der Waals surface area (Å²) in [6.07, 6.45) is 1.95. The molecule has 20 heavy (non-hydrogen) atoms. The molecular formula is C12H15N5O3. The SMILES string of the molecule is CC(C)(C)c1cc(NC(=O)Cn2cc(C=O)nn2)on1. The minimum Gasteiger partial charge on any atom is -0.338 e. The second kappa shape index (κ2) is 5.24. The predicted octanol–water partition coefficient (Wildman–Crippen LogP) is 1.01. The van der Waals surface area contributed by atoms with Crippen LogP contribution in [0.15, 0.2) is 16.8 Å². The van der Waals surface area contributed by atoms with Gasteiger partial charge >= 0.3 is 0 Å². The third-order valence-electron chi connectivity index (χ3n) is 2.52. The van der Waals surface area contributed by atoms with Crippen LogP contribution in [0.2, 0.25) is 0 Å². The Kier molecular flexibility index (Phi) is 3.64. The van der Waals surface area contributed by atoms with Gasteiger partial charge in [0.25, 0.3) is 0 Å². The van der Waals surface area contributed by atoms with Crippen molar-refractivity contribution in [3.05, 3.63) is 23.7 Å². The van der Waals surface area contributed by atoms with Gasteiger partial charge < -0.3 is 4.52 Å². The van der Waals surface area contributed by atoms with Gasteiger partial charge in [-0.3, -0.25) is 14.9 Å². The van der Waals surface area contributed by atoms with Crippen LogP contribution in [0.3, 0.4) is 0 Å². The number of rotatable bonds is 4. The predicted molar refractivity (Wildman–Crippen MR) is 69.2 cm³/mol. The number of hydrogen-bond acceptors (Lipinski definition) is 6. The van der Waals surface area contributed by atoms with E-state index in [1.54, 1.807) is 6.07 Å². The zero-order chi connectivity index (χ0) is 14.8. The number of nitrogens with one attached hydrogen (secondary N) is 1. The molecule has 0 fully saturated rings. The molecule has 2 heterocycles. The van der Waals surface area contributed by atoms with Gasteiger partial charge in [0, 0.05) is 11.5 Å². The molecule has 0 aliphatic heterocycles. The maximum Gasteiger partial charge on any atom is 0.248 e. The molecule has 2 aromatic rings. The van der Waals surface area contributed by atoms with Crippen LogP contribution in [0.25, 0.3) is 0 Å². The van der Waals surface area contributed by atoms with Crippen molar-refractivity contribution in [2.45, 2.75) is 32.7 Å². The maximum absolute atomic E-state index is 11.8. The third kappa shape index (κ3) is 3.28. The number of carbonyl (C=O) groups is 2. The fourth-order valence-corrected chi connectivity index (χ4v) is 1.46. The first-order valence-corrected chi connectivity index (χ1v) is 6.01. The average molecular weight is 277 g/mol. The van der Waals surface area contributed by atoms with Crippen molar-refractivity contribution in [3.8, 4) is 0 Å². The molecule has 8 heteroatoms. The molecule has 0 unspecified atom stereocenters. The molecular weight excluding hydrogens is 262 g/mol. The monoisotopic (exact) mass is 277 g/mol. The summed E-state index contributed by atoms with van der Waals surface area (Å²) in [4.78, 5) is 22.2. The Hall–Kier alpha value is -2.51. The lowest BCUT2D eigenvalue weighted by atomic mass is 9.92. The van der Waals surface area contributed by atoms with Crippen LogP contribution in [0.4, 0.5) is 5.88 Å². The van der Waals surface area contributed by atoms with Gasteiger partial charge in [0.05, 0.1) is 11.9 Å². The first-order chi connectivity index (χ1) is 9.38. The summed E-state index contributed by atoms with van der Waals surface area (Å²) in [5.41, 5.74) is 0.765. The summed E-state index contributed by atoms with van der Waals surface area (Å²) in [7, 11) is 0. The van der Waals surface area contributed by atoms with E-state index in [4.69, 9.17) is 4.52 Å². The molecule has 0 radical (unpaired) electrons. The number of anilines is 1. The number of carbonyl (C=O) groups excluding carboxylic acids is 2. The van der Waals surface area contributed by atoms with Crippen LogP contribution in [-0.2, 0) is 16.8 Å². The number of aldehydes is 1. The highest BCUT2D eigenvalue weighted by Gasteiger charge is 2.19. The Bertz CT molecular complexity index is 623. The van der Waals surface area contributed by atoms with Crippen LogP contribution >= 0.6 is 0 Å². The van der Waals surface area contributed by atoms with Crippen LogP contribution in [0.5, 0.6) is 0 Å². The minimum atomic E-state index is -0.344. The lowest BCUT2D eigenvalue weighted by Gasteiger charge is -2.12. The van der Waals surface area contributed by atoms with E-state index in [-0.39, 0.29) is 29.4 Å². The van der Waals surface area contributed by atoms with E-state index in [0.717, 1.165) is 5.69 Å². The molecule has 8 nitrogen and oxygen atoms in total. The molecule has 0 saturated heterocycles. The van der Waals surface area contributed by atoms with Gasteiger partial charge in [-0.2, -0.15) is 0 Å². The zero-order valence-electron chi connectivity index (χ0n) is 11.5. The molecule has 0 aromatic carbocycles. The molecule has 106 valence electrons. The molecule has 2 rings (SSSR count). The highest BCUT2D eigenvalue weighted by Crippen LogP contribution is 2.23. The van der Waals surface area contributed by atoms with E-state index in [1.807, 2.05) is 20.8 Å². The lowest BCUT2D eigenvalue weighted by Crippen LogP contribution is -2.19. The third-order valence-corrected chi connectivity index (χ3v) is 2.52. The topological polar surface area (TPSA) is 103 Å². The molecule has 1 N–H and O–H groups in total. The van der Waals surface area contributed by atoms with Gasteiger partial charge in [-0.1, -0.05) is 31.1 Å². The quantitative estimate of drug-likeness (QED) is 0.837. The largest absolute Gasteiger partial charge is 0.338 e. The van der Waals surface area contributed by atoms with Gasteiger partial charge in [-0.25, -0.2) is 4.68 Å². The van der Waals surface area contributed by atoms with E-state index in [2.05, 4.69) is 20.8 Å². The van der Waals surface area contributed by atoms with E-state index in [1.165, 1.54) is 10.9 Å². The van der Waals surface area contributed by atoms with Crippen molar-refractivity contribution in [1.82, 2.24) is 20.2 Å². The van der Waals surface area contributed by atoms with Crippen molar-refractivity contribution < 1.29 is 14.1 Å². The summed E-state index contributed by atoms with van der Waals surface area (Å²) in [6.45, 7) is 5.92. The Labute approximate surface area is 115 Å². The number of nitrogens with zero attached hydrogens (tertiary/aromatic N) is 4. The standard InChI is InChI=1S/C12H15N5O3/c1-12(2,3)9-4-11(20-15-9)13-10(19)6-17-5-8(7-18)14-16-17/h4-5,7H,6H2,1-3H3,(H,13,19). The van der Waals surface area contributed by atoms with E-state index >= 15 is 0 Å². The Morgan fingerprint density at radius 2 is 2.25 bits per heavy atom. The summed E-state index contributed by atoms with van der Waals surface area (Å²) < 4.78 is 6.31. The number of amides is 1. The fraction of sp³-hybridized carbons (Fsp3) is 0.417. The molecule has 0 bridgehead atoms. The van der Waals surface area contributed by atoms with Crippen LogP contribution in [0.1, 0.15) is 37.0 Å². The van der Waals surface area contributed by atoms with Crippen molar-refractivity contribution in [2.75, 3.05) is 5.32 Å². The van der Waals surface area contributed by atoms with Gasteiger partial charge in [0.15, 0.2) is 6.29 Å². The van der Waals surface area contributed by atoms with Crippen molar-refractivity contribution in [3.63, 3.8) is 0 Å². The number of hydrogen-bond donors (Lipinski definition) is 1. The van der Waals surface area contributed by atoms with Crippen LogP contribution < -0.4 is 5.32 Å². The van der Waals surface area contributed by atoms with Gasteiger partial charge in [0.1, 0.15) is 12.2 Å². The highest BCUT2D eigenvalue weighted by atomic mass is 16.5. The second-order valence-electron chi connectivity index (χ2n) is 5.33. The molecule has 2 aromatic heterocycles. The van der Waals surface area contributed by atoms with Gasteiger partial charge in [-0.05, 0) is 0 Å². The summed E-state index contributed by atoms with van der Waals surface area (Å²) in [5, 5.41) is 13.7. The summed E-state index contributed by atoms with van der Waals surface area (Å²) in [6, 6.07) is 1.68. The average Bonchev–Trinajstić information content (AvgIpc) is 2.97. The van der Waals surface area contributed by atoms with Crippen LogP contribution in [-0.4, -0.2) is 32.3 Å². The smallest absolute Gasteiger partial charge is 0.248 e. The first-order valence-electron chi connectivity index (χ1n) is 6.01. The Balaban J connectivity index is 1.97. The molecule has 0 atom stereocenters. The maximum atomic E-state index is 11.8. The first kappa shape index (κ1) is 13.9. The molecule has 0 aliphatic carbocycles. The van der Waals surface area contributed by atoms with Crippen molar-refractivity contribution in [1.29, 1.82) is 0 Å². The van der Waals surface area contributed by atoms with Crippen molar-refractivity contribution in [2.24, 2.45) is 0 Å². The van der Waals surface area contributed by atoms with E-state index < -0.39 is 0 Å². The minimum absolute atomic E-state index is 0.0631. The second-order valence-corrected chi connectivity index (χ2v) is 5.33. The normalized spacial score (nSPS) is 11.3. The lowest BCUT2D eigenvalue weighted by molar-refractivity contribution is -0.117. The molecule has 0 spiro atoms. The van der Waals surface area contributed by atoms with Crippen molar-refractivity contribution >= 4 is 18.1 Å². The van der Waals surface area contributed by atoms with Gasteiger partial charge in [-0.15, -0.1) is 5.10 Å². The van der Waals surface area contributed by atoms with Gasteiger partial charge in [0.2, 0.25) is 11.8 Å². The summed E-state index contributed by atoms with van der Waals surface area (Å²) in [5.74, 6) is -0.0698. The summed E-state index contributed by atoms with van der Waals surface area (Å²) >= 11 is 0. The Morgan fingerprint density at radius 1 is 1.50 bits per heavy atom. The molecule has 1 amide bonds.